The molecule has 0 spiro atoms. The van der Waals surface area contributed by atoms with Gasteiger partial charge in [-0.2, -0.15) is 5.26 Å². The van der Waals surface area contributed by atoms with Crippen molar-refractivity contribution in [1.82, 2.24) is 20.4 Å². The van der Waals surface area contributed by atoms with Crippen molar-refractivity contribution in [2.75, 3.05) is 38.4 Å². The number of methoxy groups -OCH3 is 1. The molecule has 3 rings (SSSR count). The highest BCUT2D eigenvalue weighted by Crippen LogP contribution is 2.36. The second-order valence-corrected chi connectivity index (χ2v) is 12.4. The maximum Gasteiger partial charge on any atom is 0.273 e. The first-order chi connectivity index (χ1) is 24.8. The predicted molar refractivity (Wildman–Crippen MR) is 212 cm³/mol. The molecule has 0 aliphatic heterocycles. The Morgan fingerprint density at radius 1 is 1.12 bits per heavy atom. The lowest BCUT2D eigenvalue weighted by molar-refractivity contribution is -0.125. The first-order valence-corrected chi connectivity index (χ1v) is 17.3. The molecule has 0 atom stereocenters. The number of carbonyl (C=O) groups is 3. The van der Waals surface area contributed by atoms with Crippen LogP contribution in [-0.2, 0) is 9.59 Å². The van der Waals surface area contributed by atoms with Gasteiger partial charge in [0.05, 0.1) is 30.1 Å². The number of benzene rings is 1. The van der Waals surface area contributed by atoms with E-state index < -0.39 is 5.91 Å². The van der Waals surface area contributed by atoms with Gasteiger partial charge in [0, 0.05) is 37.8 Å². The largest absolute Gasteiger partial charge is 0.494 e. The number of aromatic nitrogens is 2. The topological polar surface area (TPSA) is 149 Å². The van der Waals surface area contributed by atoms with Crippen LogP contribution in [-0.4, -0.2) is 61.1 Å². The molecular formula is C41H55N7O4. The normalized spacial score (nSPS) is 12.7. The molecule has 52 heavy (non-hydrogen) atoms. The molecule has 1 aliphatic rings. The molecule has 0 saturated heterocycles. The van der Waals surface area contributed by atoms with Crippen molar-refractivity contribution in [1.29, 1.82) is 5.26 Å². The van der Waals surface area contributed by atoms with Crippen molar-refractivity contribution in [3.8, 4) is 11.8 Å². The van der Waals surface area contributed by atoms with Gasteiger partial charge in [-0.3, -0.25) is 14.4 Å². The van der Waals surface area contributed by atoms with Gasteiger partial charge in [0.1, 0.15) is 5.75 Å². The van der Waals surface area contributed by atoms with Crippen molar-refractivity contribution < 1.29 is 19.1 Å². The lowest BCUT2D eigenvalue weighted by Gasteiger charge is -2.18. The average Bonchev–Trinajstić information content (AvgIpc) is 3.92. The highest BCUT2D eigenvalue weighted by molar-refractivity contribution is 5.99. The van der Waals surface area contributed by atoms with Gasteiger partial charge < -0.3 is 25.6 Å². The van der Waals surface area contributed by atoms with Crippen LogP contribution in [0.4, 0.5) is 17.2 Å². The van der Waals surface area contributed by atoms with E-state index in [1.165, 1.54) is 39.5 Å². The zero-order valence-electron chi connectivity index (χ0n) is 32.4. The summed E-state index contributed by atoms with van der Waals surface area (Å²) in [4.78, 5) is 38.2. The number of para-hydroxylation sites is 1. The fourth-order valence-corrected chi connectivity index (χ4v) is 4.34. The third-order valence-electron chi connectivity index (χ3n) is 7.23. The Labute approximate surface area is 309 Å². The molecule has 0 bridgehead atoms. The Morgan fingerprint density at radius 2 is 1.77 bits per heavy atom. The Hall–Kier alpha value is -5.76. The Balaban J connectivity index is 0.00000174. The number of anilines is 3. The summed E-state index contributed by atoms with van der Waals surface area (Å²) in [5, 5.41) is 25.3. The monoisotopic (exact) mass is 709 g/mol. The maximum absolute atomic E-state index is 13.2. The van der Waals surface area contributed by atoms with Crippen LogP contribution >= 0.6 is 0 Å². The fraction of sp³-hybridized carbons (Fsp3) is 0.366. The summed E-state index contributed by atoms with van der Waals surface area (Å²) in [6.07, 6.45) is 15.3. The van der Waals surface area contributed by atoms with E-state index in [4.69, 9.17) is 4.74 Å². The highest BCUT2D eigenvalue weighted by atomic mass is 16.5. The fourth-order valence-electron chi connectivity index (χ4n) is 4.34. The molecule has 2 aromatic rings. The number of rotatable bonds is 14. The minimum Gasteiger partial charge on any atom is -0.494 e. The maximum atomic E-state index is 13.2. The van der Waals surface area contributed by atoms with Crippen LogP contribution in [0.25, 0.3) is 5.57 Å². The Morgan fingerprint density at radius 3 is 2.27 bits per heavy atom. The van der Waals surface area contributed by atoms with E-state index in [0.717, 1.165) is 17.1 Å². The van der Waals surface area contributed by atoms with E-state index in [-0.39, 0.29) is 23.1 Å². The first-order valence-electron chi connectivity index (χ1n) is 17.3. The van der Waals surface area contributed by atoms with Gasteiger partial charge in [-0.05, 0) is 63.0 Å². The van der Waals surface area contributed by atoms with E-state index in [1.807, 2.05) is 32.9 Å². The summed E-state index contributed by atoms with van der Waals surface area (Å²) in [7, 11) is 4.69. The second kappa shape index (κ2) is 23.6. The van der Waals surface area contributed by atoms with Gasteiger partial charge in [-0.15, -0.1) is 10.2 Å². The van der Waals surface area contributed by atoms with E-state index in [9.17, 15) is 19.6 Å². The van der Waals surface area contributed by atoms with Crippen LogP contribution in [0.3, 0.4) is 0 Å². The second-order valence-electron chi connectivity index (χ2n) is 12.4. The third-order valence-corrected chi connectivity index (χ3v) is 7.23. The Bertz CT molecular complexity index is 1740. The molecule has 0 radical (unpaired) electrons. The molecule has 11 nitrogen and oxygen atoms in total. The summed E-state index contributed by atoms with van der Waals surface area (Å²) in [6.45, 7) is 18.2. The molecule has 1 fully saturated rings. The molecule has 0 unspecified atom stereocenters. The van der Waals surface area contributed by atoms with Gasteiger partial charge in [-0.1, -0.05) is 88.6 Å². The summed E-state index contributed by atoms with van der Waals surface area (Å²) < 4.78 is 5.76. The number of hydrogen-bond acceptors (Lipinski definition) is 8. The van der Waals surface area contributed by atoms with Crippen molar-refractivity contribution in [3.63, 3.8) is 0 Å². The number of nitrogens with zero attached hydrogens (tertiary/aromatic N) is 4. The molecule has 11 heteroatoms. The van der Waals surface area contributed by atoms with Crippen molar-refractivity contribution in [2.45, 2.75) is 67.7 Å². The van der Waals surface area contributed by atoms with E-state index in [2.05, 4.69) is 59.6 Å². The summed E-state index contributed by atoms with van der Waals surface area (Å²) >= 11 is 0. The van der Waals surface area contributed by atoms with Crippen LogP contribution in [0.2, 0.25) is 0 Å². The van der Waals surface area contributed by atoms with E-state index >= 15 is 0 Å². The van der Waals surface area contributed by atoms with Gasteiger partial charge in [0.15, 0.2) is 11.5 Å². The predicted octanol–water partition coefficient (Wildman–Crippen LogP) is 8.33. The molecule has 278 valence electrons. The van der Waals surface area contributed by atoms with Gasteiger partial charge in [0.2, 0.25) is 12.3 Å². The number of carbonyl (C=O) groups excluding carboxylic acids is 3. The number of nitriles is 1. The van der Waals surface area contributed by atoms with Crippen LogP contribution in [0.1, 0.15) is 83.8 Å². The van der Waals surface area contributed by atoms with Crippen molar-refractivity contribution in [2.24, 2.45) is 5.92 Å². The average molecular weight is 710 g/mol. The lowest BCUT2D eigenvalue weighted by Crippen LogP contribution is -2.29. The van der Waals surface area contributed by atoms with Gasteiger partial charge >= 0.3 is 0 Å². The SMILES string of the molecule is C=C/C(=C\C=C(/C)C(=O)N(C)CC(/C=C(/C#N)C=C(C)C)=C/C)c1cccc(Nc2cc(NC=O)nnc2C(=O)NC)c1OC.CC1CC1.CCC. The molecule has 1 aliphatic carbocycles. The number of ether oxygens (including phenoxy) is 1. The number of allylic oxidation sites excluding steroid dienone is 8. The van der Waals surface area contributed by atoms with E-state index in [1.54, 1.807) is 61.4 Å². The van der Waals surface area contributed by atoms with Crippen LogP contribution < -0.4 is 20.7 Å². The Kier molecular flexibility index (Phi) is 20.1. The van der Waals surface area contributed by atoms with Crippen LogP contribution in [0.15, 0.2) is 89.6 Å². The minimum atomic E-state index is -0.476. The molecule has 1 aromatic carbocycles. The van der Waals surface area contributed by atoms with E-state index in [0.29, 0.717) is 46.7 Å². The summed E-state index contributed by atoms with van der Waals surface area (Å²) in [6, 6.07) is 9.05. The standard InChI is InChI=1S/C34H39N7O4.C4H8.C3H8/c1-9-24(17-25(19-35)16-22(3)4)20-41(7)34(44)23(5)14-15-26(10-2)27-12-11-13-28(32(27)45-8)38-29-18-30(37-21-42)39-40-31(29)33(43)36-6;1-4-2-3-4;1-3-2/h9-18,21H,2,20H2,1,3-8H3,(H,36,43)(H2,37,38,39,42);4H,2-3H2,1H3;3H2,1-2H3/b23-14+,24-9+,25-17+,26-15+;;. The van der Waals surface area contributed by atoms with Gasteiger partial charge in [0.25, 0.3) is 5.91 Å². The third kappa shape index (κ3) is 15.0. The zero-order valence-corrected chi connectivity index (χ0v) is 32.4. The highest BCUT2D eigenvalue weighted by Gasteiger charge is 2.18. The molecule has 1 aromatic heterocycles. The first kappa shape index (κ1) is 44.3. The minimum absolute atomic E-state index is 0.0134. The van der Waals surface area contributed by atoms with Crippen LogP contribution in [0, 0.1) is 17.2 Å². The van der Waals surface area contributed by atoms with Crippen molar-refractivity contribution in [3.05, 3.63) is 101 Å². The molecule has 3 N–H and O–H groups in total. The zero-order chi connectivity index (χ0) is 39.2. The smallest absolute Gasteiger partial charge is 0.273 e. The number of hydrogen-bond donors (Lipinski definition) is 3. The summed E-state index contributed by atoms with van der Waals surface area (Å²) in [5.41, 5.74) is 5.00. The van der Waals surface area contributed by atoms with Gasteiger partial charge in [-0.25, -0.2) is 0 Å². The number of amides is 3. The lowest BCUT2D eigenvalue weighted by atomic mass is 10.0. The van der Waals surface area contributed by atoms with Crippen molar-refractivity contribution >= 4 is 41.0 Å². The quantitative estimate of drug-likeness (QED) is 0.0767. The molecule has 3 amide bonds. The molecule has 1 saturated carbocycles. The molecule has 1 heterocycles. The number of nitrogens with one attached hydrogen (secondary N) is 3. The number of likely N-dealkylation sites (N-methyl/N-ethyl adjacent to an activating group) is 1. The van der Waals surface area contributed by atoms with Crippen LogP contribution in [0.5, 0.6) is 5.75 Å². The molecular weight excluding hydrogens is 654 g/mol. The summed E-state index contributed by atoms with van der Waals surface area (Å²) in [5.74, 6) is 1.01.